The Kier molecular flexibility index (Phi) is 4.85. The Morgan fingerprint density at radius 2 is 2.21 bits per heavy atom. The Morgan fingerprint density at radius 1 is 1.50 bits per heavy atom. The maximum absolute atomic E-state index is 5.95. The monoisotopic (exact) mass is 200 g/mol. The van der Waals surface area contributed by atoms with Gasteiger partial charge in [0.1, 0.15) is 0 Å². The van der Waals surface area contributed by atoms with Gasteiger partial charge in [0, 0.05) is 24.7 Å². The summed E-state index contributed by atoms with van der Waals surface area (Å²) in [6.45, 7) is 7.25. The van der Waals surface area contributed by atoms with Crippen LogP contribution in [0, 0.1) is 0 Å². The van der Waals surface area contributed by atoms with Crippen molar-refractivity contribution in [1.82, 2.24) is 5.32 Å². The highest BCUT2D eigenvalue weighted by Crippen LogP contribution is 2.23. The summed E-state index contributed by atoms with van der Waals surface area (Å²) < 4.78 is 5.60. The molecule has 4 unspecified atom stereocenters. The molecule has 1 aliphatic carbocycles. The van der Waals surface area contributed by atoms with Crippen molar-refractivity contribution in [1.29, 1.82) is 0 Å². The van der Waals surface area contributed by atoms with Crippen LogP contribution in [-0.2, 0) is 4.74 Å². The summed E-state index contributed by atoms with van der Waals surface area (Å²) in [7, 11) is 0. The van der Waals surface area contributed by atoms with Crippen LogP contribution in [0.15, 0.2) is 0 Å². The molecule has 4 atom stereocenters. The third-order valence-corrected chi connectivity index (χ3v) is 2.95. The third-order valence-electron chi connectivity index (χ3n) is 2.95. The Morgan fingerprint density at radius 3 is 2.71 bits per heavy atom. The minimum Gasteiger partial charge on any atom is -0.377 e. The SMILES string of the molecule is CCCC(C)NC1C(N)CC1OCC. The van der Waals surface area contributed by atoms with Gasteiger partial charge in [-0.05, 0) is 26.7 Å². The van der Waals surface area contributed by atoms with E-state index in [4.69, 9.17) is 10.5 Å². The number of hydrogen-bond acceptors (Lipinski definition) is 3. The molecule has 1 saturated carbocycles. The van der Waals surface area contributed by atoms with Crippen molar-refractivity contribution < 1.29 is 4.74 Å². The van der Waals surface area contributed by atoms with E-state index in [1.807, 2.05) is 6.92 Å². The van der Waals surface area contributed by atoms with Gasteiger partial charge >= 0.3 is 0 Å². The fourth-order valence-corrected chi connectivity index (χ4v) is 2.10. The summed E-state index contributed by atoms with van der Waals surface area (Å²) in [4.78, 5) is 0. The summed E-state index contributed by atoms with van der Waals surface area (Å²) in [6.07, 6.45) is 3.77. The van der Waals surface area contributed by atoms with Crippen molar-refractivity contribution in [2.75, 3.05) is 6.61 Å². The normalized spacial score (nSPS) is 33.9. The highest BCUT2D eigenvalue weighted by Gasteiger charge is 2.39. The molecule has 0 amide bonds. The summed E-state index contributed by atoms with van der Waals surface area (Å²) in [5.74, 6) is 0. The highest BCUT2D eigenvalue weighted by atomic mass is 16.5. The Balaban J connectivity index is 2.27. The molecule has 0 aromatic rings. The number of nitrogens with one attached hydrogen (secondary N) is 1. The summed E-state index contributed by atoms with van der Waals surface area (Å²) in [5, 5.41) is 3.55. The van der Waals surface area contributed by atoms with E-state index in [0.29, 0.717) is 18.2 Å². The molecule has 1 fully saturated rings. The smallest absolute Gasteiger partial charge is 0.0758 e. The highest BCUT2D eigenvalue weighted by molar-refractivity contribution is 5.00. The van der Waals surface area contributed by atoms with Crippen molar-refractivity contribution in [2.45, 2.75) is 64.3 Å². The third kappa shape index (κ3) is 2.94. The van der Waals surface area contributed by atoms with Crippen LogP contribution in [0.3, 0.4) is 0 Å². The molecule has 0 radical (unpaired) electrons. The zero-order valence-electron chi connectivity index (χ0n) is 9.62. The predicted molar refractivity (Wildman–Crippen MR) is 59.3 cm³/mol. The average molecular weight is 200 g/mol. The molecule has 3 heteroatoms. The molecule has 3 N–H and O–H groups in total. The van der Waals surface area contributed by atoms with Crippen LogP contribution in [0.25, 0.3) is 0 Å². The Hall–Kier alpha value is -0.120. The molecule has 1 aliphatic rings. The van der Waals surface area contributed by atoms with E-state index in [0.717, 1.165) is 13.0 Å². The lowest BCUT2D eigenvalue weighted by Gasteiger charge is -2.44. The summed E-state index contributed by atoms with van der Waals surface area (Å²) in [6, 6.07) is 1.21. The number of hydrogen-bond donors (Lipinski definition) is 2. The largest absolute Gasteiger partial charge is 0.377 e. The summed E-state index contributed by atoms with van der Waals surface area (Å²) in [5.41, 5.74) is 5.95. The predicted octanol–water partition coefficient (Wildman–Crippen LogP) is 1.27. The van der Waals surface area contributed by atoms with Crippen LogP contribution < -0.4 is 11.1 Å². The molecule has 3 nitrogen and oxygen atoms in total. The van der Waals surface area contributed by atoms with Crippen LogP contribution in [0.2, 0.25) is 0 Å². The van der Waals surface area contributed by atoms with E-state index in [2.05, 4.69) is 19.2 Å². The van der Waals surface area contributed by atoms with Crippen LogP contribution in [0.4, 0.5) is 0 Å². The van der Waals surface area contributed by atoms with Gasteiger partial charge < -0.3 is 15.8 Å². The lowest BCUT2D eigenvalue weighted by atomic mass is 9.83. The first-order valence-electron chi connectivity index (χ1n) is 5.82. The first-order valence-corrected chi connectivity index (χ1v) is 5.82. The Labute approximate surface area is 87.4 Å². The fraction of sp³-hybridized carbons (Fsp3) is 1.00. The van der Waals surface area contributed by atoms with Gasteiger partial charge in [0.2, 0.25) is 0 Å². The maximum Gasteiger partial charge on any atom is 0.0758 e. The molecule has 0 heterocycles. The van der Waals surface area contributed by atoms with Crippen LogP contribution >= 0.6 is 0 Å². The van der Waals surface area contributed by atoms with Gasteiger partial charge in [-0.15, -0.1) is 0 Å². The lowest BCUT2D eigenvalue weighted by Crippen LogP contribution is -2.65. The molecule has 14 heavy (non-hydrogen) atoms. The first kappa shape index (κ1) is 12.0. The van der Waals surface area contributed by atoms with Gasteiger partial charge in [-0.1, -0.05) is 13.3 Å². The molecule has 0 aromatic carbocycles. The fourth-order valence-electron chi connectivity index (χ4n) is 2.10. The van der Waals surface area contributed by atoms with Crippen LogP contribution in [0.5, 0.6) is 0 Å². The van der Waals surface area contributed by atoms with E-state index in [-0.39, 0.29) is 6.04 Å². The van der Waals surface area contributed by atoms with Crippen molar-refractivity contribution in [3.05, 3.63) is 0 Å². The number of ether oxygens (including phenoxy) is 1. The van der Waals surface area contributed by atoms with E-state index in [9.17, 15) is 0 Å². The standard InChI is InChI=1S/C11H24N2O/c1-4-6-8(3)13-11-9(12)7-10(11)14-5-2/h8-11,13H,4-7,12H2,1-3H3. The minimum atomic E-state index is 0.283. The zero-order chi connectivity index (χ0) is 10.6. The molecule has 0 aromatic heterocycles. The van der Waals surface area contributed by atoms with Gasteiger partial charge in [-0.25, -0.2) is 0 Å². The van der Waals surface area contributed by atoms with Crippen LogP contribution in [-0.4, -0.2) is 30.8 Å². The van der Waals surface area contributed by atoms with Gasteiger partial charge in [-0.3, -0.25) is 0 Å². The molecular weight excluding hydrogens is 176 g/mol. The van der Waals surface area contributed by atoms with Crippen molar-refractivity contribution in [3.63, 3.8) is 0 Å². The minimum absolute atomic E-state index is 0.283. The average Bonchev–Trinajstić information content (AvgIpc) is 2.15. The van der Waals surface area contributed by atoms with Crippen molar-refractivity contribution in [3.8, 4) is 0 Å². The second-order valence-electron chi connectivity index (χ2n) is 4.28. The topological polar surface area (TPSA) is 47.3 Å². The van der Waals surface area contributed by atoms with Gasteiger partial charge in [0.05, 0.1) is 6.10 Å². The van der Waals surface area contributed by atoms with Gasteiger partial charge in [0.15, 0.2) is 0 Å². The van der Waals surface area contributed by atoms with Gasteiger partial charge in [-0.2, -0.15) is 0 Å². The van der Waals surface area contributed by atoms with E-state index >= 15 is 0 Å². The molecular formula is C11H24N2O. The maximum atomic E-state index is 5.95. The molecule has 0 saturated heterocycles. The van der Waals surface area contributed by atoms with E-state index in [1.165, 1.54) is 12.8 Å². The number of rotatable bonds is 6. The van der Waals surface area contributed by atoms with E-state index < -0.39 is 0 Å². The number of nitrogens with two attached hydrogens (primary N) is 1. The summed E-state index contributed by atoms with van der Waals surface area (Å²) >= 11 is 0. The zero-order valence-corrected chi connectivity index (χ0v) is 9.62. The van der Waals surface area contributed by atoms with Crippen LogP contribution in [0.1, 0.15) is 40.0 Å². The second-order valence-corrected chi connectivity index (χ2v) is 4.28. The van der Waals surface area contributed by atoms with E-state index in [1.54, 1.807) is 0 Å². The lowest BCUT2D eigenvalue weighted by molar-refractivity contribution is -0.0354. The molecule has 0 bridgehead atoms. The quantitative estimate of drug-likeness (QED) is 0.679. The Bertz CT molecular complexity index is 161. The molecule has 0 spiro atoms. The van der Waals surface area contributed by atoms with Gasteiger partial charge in [0.25, 0.3) is 0 Å². The molecule has 0 aliphatic heterocycles. The second kappa shape index (κ2) is 5.69. The molecule has 1 rings (SSSR count). The first-order chi connectivity index (χ1) is 6.69. The van der Waals surface area contributed by atoms with Crippen molar-refractivity contribution >= 4 is 0 Å². The van der Waals surface area contributed by atoms with Crippen molar-refractivity contribution in [2.24, 2.45) is 5.73 Å². The molecule has 84 valence electrons.